The van der Waals surface area contributed by atoms with E-state index in [9.17, 15) is 18.7 Å². The summed E-state index contributed by atoms with van der Waals surface area (Å²) in [5, 5.41) is 12.7. The lowest BCUT2D eigenvalue weighted by Crippen LogP contribution is -2.39. The molecule has 2 N–H and O–H groups in total. The van der Waals surface area contributed by atoms with Crippen molar-refractivity contribution in [1.82, 2.24) is 5.32 Å². The summed E-state index contributed by atoms with van der Waals surface area (Å²) in [4.78, 5) is 11.6. The molecule has 0 fully saturated rings. The molecule has 0 bridgehead atoms. The molecule has 1 rings (SSSR count). The van der Waals surface area contributed by atoms with E-state index in [4.69, 9.17) is 4.74 Å². The molecule has 21 heavy (non-hydrogen) atoms. The van der Waals surface area contributed by atoms with E-state index in [1.165, 1.54) is 13.0 Å². The summed E-state index contributed by atoms with van der Waals surface area (Å²) in [6.07, 6.45) is 0.842. The number of ether oxygens (including phenoxy) is 1. The molecule has 0 spiro atoms. The predicted octanol–water partition coefficient (Wildman–Crippen LogP) is 2.11. The number of rotatable bonds is 8. The van der Waals surface area contributed by atoms with Crippen LogP contribution in [0.15, 0.2) is 18.2 Å². The first-order valence-electron chi connectivity index (χ1n) is 6.89. The van der Waals surface area contributed by atoms with Crippen molar-refractivity contribution in [1.29, 1.82) is 0 Å². The number of benzene rings is 1. The van der Waals surface area contributed by atoms with Crippen molar-refractivity contribution in [3.05, 3.63) is 35.4 Å². The van der Waals surface area contributed by atoms with Crippen LogP contribution in [0.1, 0.15) is 32.3 Å². The highest BCUT2D eigenvalue weighted by molar-refractivity contribution is 5.75. The molecule has 0 radical (unpaired) electrons. The fourth-order valence-electron chi connectivity index (χ4n) is 1.86. The Bertz CT molecular complexity index is 478. The Labute approximate surface area is 123 Å². The molecule has 1 amide bonds. The number of amides is 1. The molecule has 1 aromatic carbocycles. The molecule has 0 aromatic heterocycles. The summed E-state index contributed by atoms with van der Waals surface area (Å²) >= 11 is 0. The van der Waals surface area contributed by atoms with Crippen molar-refractivity contribution in [2.45, 2.75) is 32.3 Å². The van der Waals surface area contributed by atoms with Crippen LogP contribution in [-0.2, 0) is 15.1 Å². The Morgan fingerprint density at radius 1 is 1.43 bits per heavy atom. The number of carbonyl (C=O) groups is 1. The molecule has 0 aliphatic rings. The smallest absolute Gasteiger partial charge is 0.220 e. The molecule has 0 heterocycles. The average molecular weight is 301 g/mol. The highest BCUT2D eigenvalue weighted by atomic mass is 19.1. The maximum atomic E-state index is 13.6. The van der Waals surface area contributed by atoms with E-state index in [0.717, 1.165) is 6.07 Å². The van der Waals surface area contributed by atoms with E-state index in [2.05, 4.69) is 5.32 Å². The quantitative estimate of drug-likeness (QED) is 0.723. The van der Waals surface area contributed by atoms with Gasteiger partial charge in [0.25, 0.3) is 0 Å². The molecule has 1 unspecified atom stereocenters. The van der Waals surface area contributed by atoms with E-state index >= 15 is 0 Å². The van der Waals surface area contributed by atoms with Crippen molar-refractivity contribution in [2.24, 2.45) is 0 Å². The van der Waals surface area contributed by atoms with Gasteiger partial charge in [-0.2, -0.15) is 0 Å². The maximum Gasteiger partial charge on any atom is 0.220 e. The lowest BCUT2D eigenvalue weighted by molar-refractivity contribution is -0.122. The maximum absolute atomic E-state index is 13.6. The molecule has 1 atom stereocenters. The van der Waals surface area contributed by atoms with Crippen LogP contribution < -0.4 is 5.32 Å². The Morgan fingerprint density at radius 2 is 2.14 bits per heavy atom. The normalized spacial score (nSPS) is 13.8. The summed E-state index contributed by atoms with van der Waals surface area (Å²) in [6.45, 7) is 4.17. The van der Waals surface area contributed by atoms with Crippen LogP contribution in [0, 0.1) is 11.6 Å². The summed E-state index contributed by atoms with van der Waals surface area (Å²) in [7, 11) is 0. The summed E-state index contributed by atoms with van der Waals surface area (Å²) in [5.74, 6) is -1.81. The second-order valence-corrected chi connectivity index (χ2v) is 4.98. The third kappa shape index (κ3) is 5.77. The van der Waals surface area contributed by atoms with Crippen LogP contribution in [0.5, 0.6) is 0 Å². The number of aliphatic hydroxyl groups is 1. The molecule has 4 nitrogen and oxygen atoms in total. The molecule has 0 saturated carbocycles. The first-order valence-corrected chi connectivity index (χ1v) is 6.89. The molecular formula is C15H21F2NO3. The van der Waals surface area contributed by atoms with Crippen molar-refractivity contribution >= 4 is 5.91 Å². The zero-order valence-electron chi connectivity index (χ0n) is 12.3. The van der Waals surface area contributed by atoms with E-state index in [0.29, 0.717) is 25.7 Å². The lowest BCUT2D eigenvalue weighted by atomic mass is 9.95. The second-order valence-electron chi connectivity index (χ2n) is 4.98. The largest absolute Gasteiger partial charge is 0.383 e. The van der Waals surface area contributed by atoms with Gasteiger partial charge in [-0.3, -0.25) is 4.79 Å². The summed E-state index contributed by atoms with van der Waals surface area (Å²) in [5.41, 5.74) is -1.66. The molecular weight excluding hydrogens is 280 g/mol. The zero-order chi connectivity index (χ0) is 15.9. The molecule has 1 aromatic rings. The van der Waals surface area contributed by atoms with E-state index in [1.54, 1.807) is 0 Å². The highest BCUT2D eigenvalue weighted by Crippen LogP contribution is 2.23. The molecule has 118 valence electrons. The van der Waals surface area contributed by atoms with Gasteiger partial charge in [0, 0.05) is 31.3 Å². The first kappa shape index (κ1) is 17.5. The van der Waals surface area contributed by atoms with Crippen LogP contribution in [0.2, 0.25) is 0 Å². The van der Waals surface area contributed by atoms with E-state index in [-0.39, 0.29) is 24.4 Å². The molecule has 0 aliphatic carbocycles. The standard InChI is InChI=1S/C15H21F2NO3/c1-3-21-8-4-5-14(19)18-10-15(2,20)12-7-6-11(16)9-13(12)17/h6-7,9,20H,3-5,8,10H2,1-2H3,(H,18,19). The number of nitrogens with one attached hydrogen (secondary N) is 1. The fraction of sp³-hybridized carbons (Fsp3) is 0.533. The Hall–Kier alpha value is -1.53. The summed E-state index contributed by atoms with van der Waals surface area (Å²) in [6, 6.07) is 2.94. The minimum absolute atomic E-state index is 0.0569. The van der Waals surface area contributed by atoms with Crippen LogP contribution in [0.25, 0.3) is 0 Å². The van der Waals surface area contributed by atoms with Gasteiger partial charge in [-0.25, -0.2) is 8.78 Å². The monoisotopic (exact) mass is 301 g/mol. The third-order valence-corrected chi connectivity index (χ3v) is 3.04. The van der Waals surface area contributed by atoms with Crippen LogP contribution in [-0.4, -0.2) is 30.8 Å². The second kappa shape index (κ2) is 8.05. The van der Waals surface area contributed by atoms with Crippen molar-refractivity contribution in [3.63, 3.8) is 0 Å². The van der Waals surface area contributed by atoms with E-state index in [1.807, 2.05) is 6.92 Å². The SMILES string of the molecule is CCOCCCC(=O)NCC(C)(O)c1ccc(F)cc1F. The number of hydrogen-bond donors (Lipinski definition) is 2. The molecule has 6 heteroatoms. The van der Waals surface area contributed by atoms with Gasteiger partial charge < -0.3 is 15.2 Å². The minimum atomic E-state index is -1.60. The minimum Gasteiger partial charge on any atom is -0.383 e. The lowest BCUT2D eigenvalue weighted by Gasteiger charge is -2.24. The van der Waals surface area contributed by atoms with Gasteiger partial charge in [-0.1, -0.05) is 6.07 Å². The Kier molecular flexibility index (Phi) is 6.71. The Balaban J connectivity index is 2.50. The Morgan fingerprint density at radius 3 is 2.76 bits per heavy atom. The summed E-state index contributed by atoms with van der Waals surface area (Å²) < 4.78 is 31.6. The molecule has 0 aliphatic heterocycles. The fourth-order valence-corrected chi connectivity index (χ4v) is 1.86. The first-order chi connectivity index (χ1) is 9.86. The average Bonchev–Trinajstić information content (AvgIpc) is 2.41. The number of halogens is 2. The van der Waals surface area contributed by atoms with Crippen molar-refractivity contribution in [3.8, 4) is 0 Å². The van der Waals surface area contributed by atoms with Gasteiger partial charge in [0.05, 0.1) is 6.54 Å². The molecule has 0 saturated heterocycles. The van der Waals surface area contributed by atoms with Gasteiger partial charge in [-0.05, 0) is 26.3 Å². The predicted molar refractivity (Wildman–Crippen MR) is 74.7 cm³/mol. The highest BCUT2D eigenvalue weighted by Gasteiger charge is 2.27. The van der Waals surface area contributed by atoms with Gasteiger partial charge >= 0.3 is 0 Å². The topological polar surface area (TPSA) is 58.6 Å². The van der Waals surface area contributed by atoms with E-state index < -0.39 is 17.2 Å². The third-order valence-electron chi connectivity index (χ3n) is 3.04. The van der Waals surface area contributed by atoms with Gasteiger partial charge in [0.2, 0.25) is 5.91 Å². The van der Waals surface area contributed by atoms with Crippen molar-refractivity contribution < 1.29 is 23.4 Å². The van der Waals surface area contributed by atoms with Gasteiger partial charge in [0.1, 0.15) is 17.2 Å². The van der Waals surface area contributed by atoms with Crippen LogP contribution >= 0.6 is 0 Å². The number of carbonyl (C=O) groups excluding carboxylic acids is 1. The van der Waals surface area contributed by atoms with Crippen molar-refractivity contribution in [2.75, 3.05) is 19.8 Å². The zero-order valence-corrected chi connectivity index (χ0v) is 12.3. The van der Waals surface area contributed by atoms with Gasteiger partial charge in [0.15, 0.2) is 0 Å². The number of hydrogen-bond acceptors (Lipinski definition) is 3. The van der Waals surface area contributed by atoms with Crippen LogP contribution in [0.4, 0.5) is 8.78 Å². The van der Waals surface area contributed by atoms with Crippen LogP contribution in [0.3, 0.4) is 0 Å². The van der Waals surface area contributed by atoms with Gasteiger partial charge in [-0.15, -0.1) is 0 Å².